The number of nitriles is 1. The van der Waals surface area contributed by atoms with Crippen molar-refractivity contribution in [3.8, 4) is 17.3 Å². The number of halogens is 1. The molecule has 2 atom stereocenters. The summed E-state index contributed by atoms with van der Waals surface area (Å²) < 4.78 is 8.55. The summed E-state index contributed by atoms with van der Waals surface area (Å²) in [6, 6.07) is 6.34. The smallest absolute Gasteiger partial charge is 0.207 e. The molecule has 0 unspecified atom stereocenters. The second-order valence-corrected chi connectivity index (χ2v) is 11.9. The highest BCUT2D eigenvalue weighted by Crippen LogP contribution is 2.40. The molecule has 38 heavy (non-hydrogen) atoms. The van der Waals surface area contributed by atoms with E-state index in [1.165, 1.54) is 32.1 Å². The Morgan fingerprint density at radius 2 is 1.95 bits per heavy atom. The van der Waals surface area contributed by atoms with Crippen molar-refractivity contribution in [2.45, 2.75) is 70.6 Å². The third-order valence-corrected chi connectivity index (χ3v) is 8.85. The van der Waals surface area contributed by atoms with Crippen molar-refractivity contribution in [1.82, 2.24) is 19.5 Å². The van der Waals surface area contributed by atoms with Crippen LogP contribution in [0.3, 0.4) is 0 Å². The van der Waals surface area contributed by atoms with Crippen molar-refractivity contribution in [1.29, 1.82) is 5.26 Å². The molecule has 1 saturated heterocycles. The van der Waals surface area contributed by atoms with Gasteiger partial charge in [-0.15, -0.1) is 0 Å². The van der Waals surface area contributed by atoms with Crippen molar-refractivity contribution in [2.75, 3.05) is 37.0 Å². The first kappa shape index (κ1) is 25.4. The third kappa shape index (κ3) is 4.60. The van der Waals surface area contributed by atoms with Gasteiger partial charge in [-0.25, -0.2) is 15.0 Å². The molecule has 200 valence electrons. The Kier molecular flexibility index (Phi) is 6.92. The molecule has 3 fully saturated rings. The zero-order valence-electron chi connectivity index (χ0n) is 22.5. The van der Waals surface area contributed by atoms with Gasteiger partial charge in [0.25, 0.3) is 0 Å². The number of hydrogen-bond donors (Lipinski definition) is 0. The molecule has 0 N–H and O–H groups in total. The van der Waals surface area contributed by atoms with Gasteiger partial charge < -0.3 is 19.1 Å². The number of anilines is 2. The topological polar surface area (TPSA) is 83.1 Å². The lowest BCUT2D eigenvalue weighted by molar-refractivity contribution is 0.0247. The summed E-state index contributed by atoms with van der Waals surface area (Å²) in [5, 5.41) is 10.4. The van der Waals surface area contributed by atoms with Gasteiger partial charge in [0.15, 0.2) is 0 Å². The zero-order valence-corrected chi connectivity index (χ0v) is 23.3. The van der Waals surface area contributed by atoms with Crippen molar-refractivity contribution in [3.05, 3.63) is 29.0 Å². The van der Waals surface area contributed by atoms with Gasteiger partial charge in [-0.05, 0) is 50.0 Å². The highest BCUT2D eigenvalue weighted by atomic mass is 35.5. The van der Waals surface area contributed by atoms with E-state index < -0.39 is 0 Å². The third-order valence-electron chi connectivity index (χ3n) is 8.65. The molecule has 8 nitrogen and oxygen atoms in total. The number of nitrogens with zero attached hydrogens (tertiary/aromatic N) is 7. The van der Waals surface area contributed by atoms with Gasteiger partial charge in [-0.3, -0.25) is 0 Å². The first-order valence-corrected chi connectivity index (χ1v) is 14.3. The van der Waals surface area contributed by atoms with E-state index in [1.54, 1.807) is 6.20 Å². The highest BCUT2D eigenvalue weighted by molar-refractivity contribution is 6.30. The van der Waals surface area contributed by atoms with Crippen LogP contribution in [0.4, 0.5) is 11.8 Å². The fourth-order valence-electron chi connectivity index (χ4n) is 6.69. The molecule has 0 bridgehead atoms. The molecule has 3 aromatic rings. The molecule has 0 amide bonds. The highest BCUT2D eigenvalue weighted by Gasteiger charge is 2.39. The molecule has 4 heterocycles. The van der Waals surface area contributed by atoms with Crippen LogP contribution in [0.2, 0.25) is 5.02 Å². The van der Waals surface area contributed by atoms with Gasteiger partial charge in [-0.2, -0.15) is 5.26 Å². The van der Waals surface area contributed by atoms with Crippen molar-refractivity contribution in [3.63, 3.8) is 0 Å². The second kappa shape index (κ2) is 10.3. The Morgan fingerprint density at radius 1 is 1.13 bits per heavy atom. The van der Waals surface area contributed by atoms with Gasteiger partial charge in [0.05, 0.1) is 34.8 Å². The van der Waals surface area contributed by atoms with Crippen LogP contribution in [0.1, 0.15) is 57.6 Å². The maximum atomic E-state index is 9.91. The average molecular weight is 534 g/mol. The molecule has 2 saturated carbocycles. The minimum Gasteiger partial charge on any atom is -0.374 e. The number of aromatic nitrogens is 4. The zero-order chi connectivity index (χ0) is 26.4. The van der Waals surface area contributed by atoms with E-state index in [9.17, 15) is 5.26 Å². The van der Waals surface area contributed by atoms with Gasteiger partial charge in [0.1, 0.15) is 23.3 Å². The van der Waals surface area contributed by atoms with Crippen LogP contribution < -0.4 is 9.80 Å². The maximum Gasteiger partial charge on any atom is 0.207 e. The van der Waals surface area contributed by atoms with Crippen LogP contribution in [-0.4, -0.2) is 58.9 Å². The minimum atomic E-state index is 0.261. The Bertz CT molecular complexity index is 1370. The summed E-state index contributed by atoms with van der Waals surface area (Å²) in [7, 11) is 3.93. The summed E-state index contributed by atoms with van der Waals surface area (Å²) in [5.74, 6) is 3.12. The number of hydrogen-bond acceptors (Lipinski definition) is 7. The first-order valence-electron chi connectivity index (χ1n) is 14.0. The van der Waals surface area contributed by atoms with Crippen LogP contribution >= 0.6 is 11.6 Å². The molecular formula is C29H36ClN7O. The molecule has 0 spiro atoms. The van der Waals surface area contributed by atoms with Gasteiger partial charge >= 0.3 is 0 Å². The van der Waals surface area contributed by atoms with Crippen molar-refractivity contribution < 1.29 is 4.74 Å². The van der Waals surface area contributed by atoms with E-state index in [0.29, 0.717) is 29.3 Å². The maximum absolute atomic E-state index is 9.91. The SMILES string of the molecule is CC1CCC(Cn2c(N3CCO[C@@H]4CCC[C@H]43)nc3cc(C#N)nc(-c4cc(Cl)cnc4N(C)C)c32)CC1. The molecule has 0 aromatic carbocycles. The van der Waals surface area contributed by atoms with Crippen molar-refractivity contribution in [2.24, 2.45) is 11.8 Å². The quantitative estimate of drug-likeness (QED) is 0.418. The predicted octanol–water partition coefficient (Wildman–Crippen LogP) is 5.67. The minimum absolute atomic E-state index is 0.261. The number of ether oxygens (including phenoxy) is 1. The van der Waals surface area contributed by atoms with E-state index in [-0.39, 0.29) is 6.10 Å². The van der Waals surface area contributed by atoms with Crippen LogP contribution in [0.5, 0.6) is 0 Å². The second-order valence-electron chi connectivity index (χ2n) is 11.5. The average Bonchev–Trinajstić information content (AvgIpc) is 3.54. The lowest BCUT2D eigenvalue weighted by Gasteiger charge is -2.39. The van der Waals surface area contributed by atoms with Gasteiger partial charge in [0, 0.05) is 45.0 Å². The molecule has 9 heteroatoms. The van der Waals surface area contributed by atoms with E-state index in [4.69, 9.17) is 26.3 Å². The van der Waals surface area contributed by atoms with Crippen LogP contribution in [0.25, 0.3) is 22.3 Å². The summed E-state index contributed by atoms with van der Waals surface area (Å²) in [6.45, 7) is 4.78. The molecule has 3 aromatic heterocycles. The van der Waals surface area contributed by atoms with E-state index in [2.05, 4.69) is 27.4 Å². The Balaban J connectivity index is 1.57. The molecule has 2 aliphatic carbocycles. The molecule has 1 aliphatic heterocycles. The van der Waals surface area contributed by atoms with Gasteiger partial charge in [0.2, 0.25) is 5.95 Å². The number of morpholine rings is 1. The molecule has 3 aliphatic rings. The lowest BCUT2D eigenvalue weighted by atomic mass is 9.83. The van der Waals surface area contributed by atoms with E-state index >= 15 is 0 Å². The summed E-state index contributed by atoms with van der Waals surface area (Å²) >= 11 is 6.47. The number of fused-ring (bicyclic) bond motifs is 2. The normalized spacial score (nSPS) is 25.4. The molecular weight excluding hydrogens is 498 g/mol. The van der Waals surface area contributed by atoms with E-state index in [0.717, 1.165) is 65.9 Å². The number of pyridine rings is 2. The number of imidazole rings is 1. The van der Waals surface area contributed by atoms with E-state index in [1.807, 2.05) is 31.1 Å². The lowest BCUT2D eigenvalue weighted by Crippen LogP contribution is -2.49. The van der Waals surface area contributed by atoms with Crippen LogP contribution in [0.15, 0.2) is 18.3 Å². The fraction of sp³-hybridized carbons (Fsp3) is 0.586. The molecule has 6 rings (SSSR count). The summed E-state index contributed by atoms with van der Waals surface area (Å²) in [5.41, 5.74) is 3.65. The standard InChI is InChI=1S/C29H36ClN7O/c1-18-7-9-19(10-8-18)17-37-27-23(34-29(37)36-11-12-38-25-6-4-5-24(25)36)14-21(15-31)33-26(27)22-13-20(30)16-32-28(22)35(2)3/h13-14,16,18-19,24-25H,4-12,17H2,1-3H3/t18?,19?,24-,25-/m1/s1. The summed E-state index contributed by atoms with van der Waals surface area (Å²) in [6.07, 6.45) is 10.3. The largest absolute Gasteiger partial charge is 0.374 e. The number of rotatable bonds is 5. The predicted molar refractivity (Wildman–Crippen MR) is 151 cm³/mol. The van der Waals surface area contributed by atoms with Crippen LogP contribution in [-0.2, 0) is 11.3 Å². The Hall–Kier alpha value is -2.89. The monoisotopic (exact) mass is 533 g/mol. The first-order chi connectivity index (χ1) is 18.4. The molecule has 0 radical (unpaired) electrons. The Morgan fingerprint density at radius 3 is 2.71 bits per heavy atom. The fourth-order valence-corrected chi connectivity index (χ4v) is 6.85. The van der Waals surface area contributed by atoms with Crippen molar-refractivity contribution >= 4 is 34.4 Å². The summed E-state index contributed by atoms with van der Waals surface area (Å²) in [4.78, 5) is 19.2. The van der Waals surface area contributed by atoms with Crippen LogP contribution in [0, 0.1) is 23.2 Å². The van der Waals surface area contributed by atoms with Gasteiger partial charge in [-0.1, -0.05) is 31.4 Å². The Labute approximate surface area is 229 Å².